The van der Waals surface area contributed by atoms with E-state index in [1.54, 1.807) is 35.9 Å². The van der Waals surface area contributed by atoms with Crippen LogP contribution in [0.1, 0.15) is 26.5 Å². The van der Waals surface area contributed by atoms with E-state index in [1.165, 1.54) is 4.90 Å². The largest absolute Gasteiger partial charge is 0.542 e. The average molecular weight is 600 g/mol. The van der Waals surface area contributed by atoms with Crippen LogP contribution in [0.3, 0.4) is 0 Å². The Balaban J connectivity index is 0.000000616. The summed E-state index contributed by atoms with van der Waals surface area (Å²) in [4.78, 5) is 36.0. The van der Waals surface area contributed by atoms with Gasteiger partial charge in [-0.25, -0.2) is 13.5 Å². The molecule has 1 aromatic heterocycles. The van der Waals surface area contributed by atoms with E-state index in [0.717, 1.165) is 11.0 Å². The lowest BCUT2D eigenvalue weighted by Gasteiger charge is -2.13. The number of benzene rings is 2. The van der Waals surface area contributed by atoms with Gasteiger partial charge in [-0.05, 0) is 24.3 Å². The fraction of sp³-hybridized carbons (Fsp3) is 0.407. The number of aliphatic carboxylic acids is 1. The molecule has 0 spiro atoms. The van der Waals surface area contributed by atoms with Crippen molar-refractivity contribution in [2.45, 2.75) is 25.8 Å². The Hall–Kier alpha value is -4.08. The third-order valence-corrected chi connectivity index (χ3v) is 6.17. The number of ether oxygens (including phenoxy) is 3. The molecule has 0 fully saturated rings. The van der Waals surface area contributed by atoms with E-state index in [0.29, 0.717) is 49.1 Å². The van der Waals surface area contributed by atoms with Gasteiger partial charge in [-0.3, -0.25) is 14.5 Å². The number of hydrogen-bond acceptors (Lipinski definition) is 8. The second-order valence-corrected chi connectivity index (χ2v) is 8.74. The summed E-state index contributed by atoms with van der Waals surface area (Å²) >= 11 is 0. The van der Waals surface area contributed by atoms with Crippen molar-refractivity contribution in [1.82, 2.24) is 9.47 Å². The summed E-state index contributed by atoms with van der Waals surface area (Å²) in [7, 11) is 1.56. The Bertz CT molecular complexity index is 1380. The topological polar surface area (TPSA) is 134 Å². The molecule has 0 bridgehead atoms. The normalized spacial score (nSPS) is 12.9. The number of aliphatic hydroxyl groups is 1. The van der Waals surface area contributed by atoms with Crippen LogP contribution in [0.15, 0.2) is 42.5 Å². The minimum atomic E-state index is -5.19. The van der Waals surface area contributed by atoms with Crippen molar-refractivity contribution in [3.8, 4) is 5.75 Å². The molecule has 0 aliphatic carbocycles. The number of hydrogen-bond donors (Lipinski definition) is 1. The quantitative estimate of drug-likeness (QED) is 0.133. The molecule has 2 aromatic carbocycles. The molecule has 1 aliphatic rings. The number of aliphatic hydroxyl groups excluding tert-OH is 1. The van der Waals surface area contributed by atoms with E-state index in [-0.39, 0.29) is 38.1 Å². The summed E-state index contributed by atoms with van der Waals surface area (Å²) in [5, 5.41) is 17.6. The molecule has 0 saturated heterocycles. The lowest BCUT2D eigenvalue weighted by Crippen LogP contribution is -2.44. The Labute approximate surface area is 237 Å². The Morgan fingerprint density at radius 1 is 1.00 bits per heavy atom. The van der Waals surface area contributed by atoms with E-state index in [1.807, 2.05) is 22.8 Å². The maximum absolute atomic E-state index is 13.6. The highest BCUT2D eigenvalue weighted by Gasteiger charge is 2.39. The van der Waals surface area contributed by atoms with Crippen LogP contribution in [-0.2, 0) is 33.9 Å². The molecule has 2 amide bonds. The summed E-state index contributed by atoms with van der Waals surface area (Å²) in [6, 6.07) is 12.2. The number of aromatic nitrogens is 2. The first-order valence-corrected chi connectivity index (χ1v) is 12.7. The Morgan fingerprint density at radius 2 is 1.60 bits per heavy atom. The number of methoxy groups -OCH3 is 1. The molecule has 1 N–H and O–H groups in total. The maximum Gasteiger partial charge on any atom is 0.430 e. The monoisotopic (exact) mass is 599 g/mol. The van der Waals surface area contributed by atoms with Crippen molar-refractivity contribution < 1.29 is 60.9 Å². The smallest absolute Gasteiger partial charge is 0.430 e. The number of alkyl halides is 4. The summed E-state index contributed by atoms with van der Waals surface area (Å²) in [5.41, 5.74) is 2.28. The third-order valence-electron chi connectivity index (χ3n) is 6.17. The van der Waals surface area contributed by atoms with E-state index in [9.17, 15) is 27.2 Å². The zero-order chi connectivity index (χ0) is 30.9. The predicted octanol–water partition coefficient (Wildman–Crippen LogP) is 1.03. The number of rotatable bonds is 13. The molecule has 0 saturated carbocycles. The average Bonchev–Trinajstić information content (AvgIpc) is 3.38. The zero-order valence-electron chi connectivity index (χ0n) is 22.6. The lowest BCUT2D eigenvalue weighted by molar-refractivity contribution is -0.682. The molecule has 3 aromatic rings. The van der Waals surface area contributed by atoms with E-state index < -0.39 is 18.8 Å². The van der Waals surface area contributed by atoms with Gasteiger partial charge in [0.1, 0.15) is 38.0 Å². The molecule has 228 valence electrons. The number of carboxylic acid groups (broad SMARTS) is 1. The highest BCUT2D eigenvalue weighted by Crippen LogP contribution is 2.26. The van der Waals surface area contributed by atoms with Crippen LogP contribution < -0.4 is 14.4 Å². The number of aryl methyl sites for hydroxylation is 1. The first-order chi connectivity index (χ1) is 20.0. The SMILES string of the molecule is COc1ccc2c(c1)n(CCF)c(CN1C(=O)c3ccccc3C1=O)[n+]2CCOCCOCCO.O=C([O-])C(F)(F)F. The van der Waals surface area contributed by atoms with Crippen LogP contribution in [0.2, 0.25) is 0 Å². The highest BCUT2D eigenvalue weighted by atomic mass is 19.4. The molecule has 0 unspecified atom stereocenters. The molecule has 0 atom stereocenters. The van der Waals surface area contributed by atoms with Gasteiger partial charge in [0.2, 0.25) is 0 Å². The molecule has 2 heterocycles. The van der Waals surface area contributed by atoms with Gasteiger partial charge in [0.15, 0.2) is 11.0 Å². The molecule has 42 heavy (non-hydrogen) atoms. The molecule has 15 heteroatoms. The molecule has 4 rings (SSSR count). The molecular formula is C27H29F4N3O8. The van der Waals surface area contributed by atoms with Gasteiger partial charge in [-0.15, -0.1) is 0 Å². The van der Waals surface area contributed by atoms with Gasteiger partial charge in [0.05, 0.1) is 51.3 Å². The van der Waals surface area contributed by atoms with Crippen LogP contribution >= 0.6 is 0 Å². The molecule has 11 nitrogen and oxygen atoms in total. The highest BCUT2D eigenvalue weighted by molar-refractivity contribution is 6.21. The Kier molecular flexibility index (Phi) is 11.4. The van der Waals surface area contributed by atoms with Gasteiger partial charge in [0.25, 0.3) is 17.6 Å². The van der Waals surface area contributed by atoms with Crippen molar-refractivity contribution in [1.29, 1.82) is 0 Å². The second kappa shape index (κ2) is 14.7. The maximum atomic E-state index is 13.6. The van der Waals surface area contributed by atoms with Crippen molar-refractivity contribution >= 4 is 28.8 Å². The van der Waals surface area contributed by atoms with Crippen molar-refractivity contribution in [3.05, 3.63) is 59.4 Å². The molecular weight excluding hydrogens is 570 g/mol. The third kappa shape index (κ3) is 7.60. The number of imide groups is 1. The van der Waals surface area contributed by atoms with Gasteiger partial charge >= 0.3 is 6.18 Å². The second-order valence-electron chi connectivity index (χ2n) is 8.74. The first kappa shape index (κ1) is 32.4. The molecule has 1 aliphatic heterocycles. The summed E-state index contributed by atoms with van der Waals surface area (Å²) in [5.74, 6) is -2.52. The van der Waals surface area contributed by atoms with E-state index in [4.69, 9.17) is 29.2 Å². The van der Waals surface area contributed by atoms with Gasteiger partial charge < -0.3 is 29.2 Å². The number of nitrogens with zero attached hydrogens (tertiary/aromatic N) is 3. The van der Waals surface area contributed by atoms with E-state index in [2.05, 4.69) is 0 Å². The summed E-state index contributed by atoms with van der Waals surface area (Å²) in [6.45, 7) is 1.10. The first-order valence-electron chi connectivity index (χ1n) is 12.7. The number of fused-ring (bicyclic) bond motifs is 2. The van der Waals surface area contributed by atoms with Gasteiger partial charge in [-0.2, -0.15) is 13.2 Å². The van der Waals surface area contributed by atoms with Crippen LogP contribution in [-0.4, -0.2) is 85.4 Å². The van der Waals surface area contributed by atoms with Crippen molar-refractivity contribution in [3.63, 3.8) is 0 Å². The van der Waals surface area contributed by atoms with E-state index >= 15 is 0 Å². The number of carbonyl (C=O) groups excluding carboxylic acids is 3. The number of imidazole rings is 1. The predicted molar refractivity (Wildman–Crippen MR) is 135 cm³/mol. The van der Waals surface area contributed by atoms with Crippen LogP contribution in [0.5, 0.6) is 5.75 Å². The van der Waals surface area contributed by atoms with Gasteiger partial charge in [-0.1, -0.05) is 12.1 Å². The fourth-order valence-electron chi connectivity index (χ4n) is 4.32. The zero-order valence-corrected chi connectivity index (χ0v) is 22.6. The Morgan fingerprint density at radius 3 is 2.12 bits per heavy atom. The molecule has 0 radical (unpaired) electrons. The number of carbonyl (C=O) groups is 3. The number of halogens is 4. The number of amides is 2. The standard InChI is InChI=1S/C25H29FN3O6.C2HF3O2/c1-33-18-6-7-21-22(16-18)27(9-8-26)23(28(21)10-12-34-14-15-35-13-11-30)17-29-24(31)19-4-2-3-5-20(19)25(29)32;3-2(4,5)1(6)7/h2-7,16,30H,8-15,17H2,1H3;(H,6,7)/q+1;/p-1. The summed E-state index contributed by atoms with van der Waals surface area (Å²) in [6.07, 6.45) is -5.19. The minimum absolute atomic E-state index is 0.0110. The van der Waals surface area contributed by atoms with Crippen LogP contribution in [0, 0.1) is 0 Å². The van der Waals surface area contributed by atoms with Crippen molar-refractivity contribution in [2.24, 2.45) is 0 Å². The summed E-state index contributed by atoms with van der Waals surface area (Å²) < 4.78 is 65.2. The van der Waals surface area contributed by atoms with Crippen LogP contribution in [0.25, 0.3) is 11.0 Å². The van der Waals surface area contributed by atoms with Gasteiger partial charge in [0, 0.05) is 6.07 Å². The lowest BCUT2D eigenvalue weighted by atomic mass is 10.1. The minimum Gasteiger partial charge on any atom is -0.542 e. The van der Waals surface area contributed by atoms with Crippen molar-refractivity contribution in [2.75, 3.05) is 46.8 Å². The van der Waals surface area contributed by atoms with Crippen LogP contribution in [0.4, 0.5) is 17.6 Å². The fourth-order valence-corrected chi connectivity index (χ4v) is 4.32. The number of carboxylic acids is 1.